The van der Waals surface area contributed by atoms with Crippen LogP contribution in [0.4, 0.5) is 5.69 Å². The van der Waals surface area contributed by atoms with E-state index in [1.807, 2.05) is 18.2 Å². The zero-order chi connectivity index (χ0) is 10.7. The Morgan fingerprint density at radius 2 is 2.13 bits per heavy atom. The number of hydrogen-bond acceptors (Lipinski definition) is 4. The fourth-order valence-corrected chi connectivity index (χ4v) is 2.32. The molecule has 0 bridgehead atoms. The van der Waals surface area contributed by atoms with E-state index in [2.05, 4.69) is 25.9 Å². The number of nitrogens with zero attached hydrogens (tertiary/aromatic N) is 2. The van der Waals surface area contributed by atoms with Crippen molar-refractivity contribution in [3.63, 3.8) is 0 Å². The van der Waals surface area contributed by atoms with Gasteiger partial charge in [0.05, 0.1) is 16.4 Å². The number of nitrogens with two attached hydrogens (primary N) is 1. The van der Waals surface area contributed by atoms with Gasteiger partial charge in [-0.05, 0) is 34.1 Å². The summed E-state index contributed by atoms with van der Waals surface area (Å²) in [4.78, 5) is 9.16. The Bertz CT molecular complexity index is 432. The minimum atomic E-state index is 0.667. The van der Waals surface area contributed by atoms with Gasteiger partial charge in [-0.2, -0.15) is 0 Å². The van der Waals surface area contributed by atoms with Crippen molar-refractivity contribution in [2.45, 2.75) is 9.92 Å². The van der Waals surface area contributed by atoms with Crippen molar-refractivity contribution < 1.29 is 0 Å². The van der Waals surface area contributed by atoms with Crippen LogP contribution in [0.3, 0.4) is 0 Å². The van der Waals surface area contributed by atoms with Crippen molar-refractivity contribution in [1.29, 1.82) is 0 Å². The van der Waals surface area contributed by atoms with Gasteiger partial charge in [0, 0.05) is 17.3 Å². The molecule has 0 aliphatic rings. The predicted octanol–water partition coefficient (Wildman–Crippen LogP) is 2.97. The topological polar surface area (TPSA) is 51.8 Å². The highest BCUT2D eigenvalue weighted by molar-refractivity contribution is 9.10. The van der Waals surface area contributed by atoms with Crippen LogP contribution in [-0.4, -0.2) is 9.97 Å². The standard InChI is InChI=1S/C10H8BrN3S/c11-7-2-1-4-14-10(7)15-9-3-5-13-6-8(9)12/h1-6H,12H2. The molecular formula is C10H8BrN3S. The molecule has 0 spiro atoms. The molecule has 0 saturated heterocycles. The van der Waals surface area contributed by atoms with E-state index in [-0.39, 0.29) is 0 Å². The SMILES string of the molecule is Nc1cnccc1Sc1ncccc1Br. The molecule has 0 aliphatic carbocycles. The average molecular weight is 282 g/mol. The molecule has 0 atom stereocenters. The van der Waals surface area contributed by atoms with Crippen LogP contribution in [0.5, 0.6) is 0 Å². The first-order valence-corrected chi connectivity index (χ1v) is 5.86. The van der Waals surface area contributed by atoms with Gasteiger partial charge in [0.2, 0.25) is 0 Å². The number of pyridine rings is 2. The van der Waals surface area contributed by atoms with Crippen molar-refractivity contribution in [2.24, 2.45) is 0 Å². The Balaban J connectivity index is 2.30. The van der Waals surface area contributed by atoms with Crippen molar-refractivity contribution in [2.75, 3.05) is 5.73 Å². The highest BCUT2D eigenvalue weighted by atomic mass is 79.9. The smallest absolute Gasteiger partial charge is 0.115 e. The molecule has 0 unspecified atom stereocenters. The van der Waals surface area contributed by atoms with Crippen molar-refractivity contribution in [1.82, 2.24) is 9.97 Å². The molecule has 0 saturated carbocycles. The molecular weight excluding hydrogens is 274 g/mol. The Morgan fingerprint density at radius 1 is 1.27 bits per heavy atom. The largest absolute Gasteiger partial charge is 0.397 e. The number of aromatic nitrogens is 2. The van der Waals surface area contributed by atoms with Gasteiger partial charge in [-0.3, -0.25) is 4.98 Å². The van der Waals surface area contributed by atoms with E-state index in [1.54, 1.807) is 18.6 Å². The first-order valence-electron chi connectivity index (χ1n) is 4.25. The molecule has 2 aromatic heterocycles. The lowest BCUT2D eigenvalue weighted by molar-refractivity contribution is 1.11. The van der Waals surface area contributed by atoms with Crippen LogP contribution in [0.2, 0.25) is 0 Å². The van der Waals surface area contributed by atoms with Crippen LogP contribution in [0.1, 0.15) is 0 Å². The van der Waals surface area contributed by atoms with Gasteiger partial charge in [-0.15, -0.1) is 0 Å². The molecule has 2 aromatic rings. The Labute approximate surface area is 100 Å². The fourth-order valence-electron chi connectivity index (χ4n) is 1.04. The summed E-state index contributed by atoms with van der Waals surface area (Å²) in [5, 5.41) is 0.899. The monoisotopic (exact) mass is 281 g/mol. The quantitative estimate of drug-likeness (QED) is 0.920. The zero-order valence-electron chi connectivity index (χ0n) is 7.72. The Hall–Kier alpha value is -1.07. The maximum atomic E-state index is 5.79. The number of nitrogen functional groups attached to an aromatic ring is 1. The normalized spacial score (nSPS) is 10.2. The lowest BCUT2D eigenvalue weighted by Crippen LogP contribution is -1.90. The third-order valence-electron chi connectivity index (χ3n) is 1.74. The van der Waals surface area contributed by atoms with Crippen LogP contribution in [-0.2, 0) is 0 Å². The second kappa shape index (κ2) is 4.63. The molecule has 0 fully saturated rings. The van der Waals surface area contributed by atoms with Crippen LogP contribution < -0.4 is 5.73 Å². The summed E-state index contributed by atoms with van der Waals surface area (Å²) in [7, 11) is 0. The first-order chi connectivity index (χ1) is 7.27. The van der Waals surface area contributed by atoms with E-state index in [0.717, 1.165) is 14.4 Å². The number of rotatable bonds is 2. The second-order valence-electron chi connectivity index (χ2n) is 2.81. The molecule has 0 radical (unpaired) electrons. The molecule has 0 aromatic carbocycles. The van der Waals surface area contributed by atoms with E-state index in [0.29, 0.717) is 5.69 Å². The molecule has 3 nitrogen and oxygen atoms in total. The molecule has 5 heteroatoms. The van der Waals surface area contributed by atoms with Gasteiger partial charge in [0.25, 0.3) is 0 Å². The van der Waals surface area contributed by atoms with Gasteiger partial charge >= 0.3 is 0 Å². The molecule has 15 heavy (non-hydrogen) atoms. The summed E-state index contributed by atoms with van der Waals surface area (Å²) in [5.41, 5.74) is 6.46. The molecule has 76 valence electrons. The molecule has 2 N–H and O–H groups in total. The zero-order valence-corrected chi connectivity index (χ0v) is 10.1. The summed E-state index contributed by atoms with van der Waals surface area (Å²) in [6.45, 7) is 0. The van der Waals surface area contributed by atoms with Crippen molar-refractivity contribution in [3.8, 4) is 0 Å². The molecule has 0 amide bonds. The summed E-state index contributed by atoms with van der Waals surface area (Å²) in [5.74, 6) is 0. The first kappa shape index (κ1) is 10.4. The van der Waals surface area contributed by atoms with E-state index in [9.17, 15) is 0 Å². The van der Waals surface area contributed by atoms with E-state index < -0.39 is 0 Å². The molecule has 0 aliphatic heterocycles. The number of hydrogen-bond donors (Lipinski definition) is 1. The minimum absolute atomic E-state index is 0.667. The average Bonchev–Trinajstić information content (AvgIpc) is 2.24. The third kappa shape index (κ3) is 2.49. The highest BCUT2D eigenvalue weighted by Crippen LogP contribution is 2.33. The summed E-state index contributed by atoms with van der Waals surface area (Å²) < 4.78 is 0.964. The minimum Gasteiger partial charge on any atom is -0.397 e. The summed E-state index contributed by atoms with van der Waals surface area (Å²) in [6.07, 6.45) is 5.11. The second-order valence-corrected chi connectivity index (χ2v) is 4.69. The highest BCUT2D eigenvalue weighted by Gasteiger charge is 2.05. The fraction of sp³-hybridized carbons (Fsp3) is 0. The van der Waals surface area contributed by atoms with Gasteiger partial charge in [0.15, 0.2) is 0 Å². The van der Waals surface area contributed by atoms with Gasteiger partial charge in [0.1, 0.15) is 5.03 Å². The van der Waals surface area contributed by atoms with Crippen LogP contribution in [0, 0.1) is 0 Å². The van der Waals surface area contributed by atoms with Crippen LogP contribution >= 0.6 is 27.7 Å². The Morgan fingerprint density at radius 3 is 2.87 bits per heavy atom. The molecule has 2 rings (SSSR count). The lowest BCUT2D eigenvalue weighted by Gasteiger charge is -2.04. The number of halogens is 1. The maximum Gasteiger partial charge on any atom is 0.115 e. The predicted molar refractivity (Wildman–Crippen MR) is 64.7 cm³/mol. The van der Waals surface area contributed by atoms with Gasteiger partial charge in [-0.25, -0.2) is 4.98 Å². The van der Waals surface area contributed by atoms with Crippen LogP contribution in [0.15, 0.2) is 51.2 Å². The molecule has 2 heterocycles. The van der Waals surface area contributed by atoms with Crippen molar-refractivity contribution in [3.05, 3.63) is 41.3 Å². The summed E-state index contributed by atoms with van der Waals surface area (Å²) >= 11 is 4.96. The number of anilines is 1. The van der Waals surface area contributed by atoms with E-state index in [1.165, 1.54) is 11.8 Å². The van der Waals surface area contributed by atoms with Crippen LogP contribution in [0.25, 0.3) is 0 Å². The maximum absolute atomic E-state index is 5.79. The van der Waals surface area contributed by atoms with E-state index in [4.69, 9.17) is 5.73 Å². The lowest BCUT2D eigenvalue weighted by atomic mass is 10.4. The van der Waals surface area contributed by atoms with Gasteiger partial charge < -0.3 is 5.73 Å². The summed E-state index contributed by atoms with van der Waals surface area (Å²) in [6, 6.07) is 5.71. The van der Waals surface area contributed by atoms with Crippen molar-refractivity contribution >= 4 is 33.4 Å². The Kier molecular flexibility index (Phi) is 3.23. The third-order valence-corrected chi connectivity index (χ3v) is 3.75. The van der Waals surface area contributed by atoms with E-state index >= 15 is 0 Å². The van der Waals surface area contributed by atoms with Gasteiger partial charge in [-0.1, -0.05) is 11.8 Å².